The van der Waals surface area contributed by atoms with Crippen molar-refractivity contribution < 1.29 is 9.53 Å². The summed E-state index contributed by atoms with van der Waals surface area (Å²) in [6.07, 6.45) is 2.14. The van der Waals surface area contributed by atoms with Gasteiger partial charge in [0.05, 0.1) is 0 Å². The fourth-order valence-corrected chi connectivity index (χ4v) is 2.14. The lowest BCUT2D eigenvalue weighted by Crippen LogP contribution is -2.38. The fraction of sp³-hybridized carbons (Fsp3) is 0.462. The van der Waals surface area contributed by atoms with Crippen LogP contribution in [0.1, 0.15) is 12.8 Å². The standard InChI is InChI=1S/C13H15Cl2NO2/c14-6-7-16(11-4-5-11)13(17)9-18-12-3-1-2-10(15)8-12/h1-3,8,11H,4-7,9H2. The van der Waals surface area contributed by atoms with Crippen LogP contribution in [-0.2, 0) is 4.79 Å². The van der Waals surface area contributed by atoms with Crippen LogP contribution >= 0.6 is 23.2 Å². The summed E-state index contributed by atoms with van der Waals surface area (Å²) in [6.45, 7) is 0.623. The molecule has 0 aliphatic heterocycles. The predicted octanol–water partition coefficient (Wildman–Crippen LogP) is 2.95. The molecule has 0 unspecified atom stereocenters. The minimum absolute atomic E-state index is 0.0156. The van der Waals surface area contributed by atoms with Crippen molar-refractivity contribution in [1.29, 1.82) is 0 Å². The number of ether oxygens (including phenoxy) is 1. The Balaban J connectivity index is 1.86. The number of carbonyl (C=O) groups is 1. The number of nitrogens with zero attached hydrogens (tertiary/aromatic N) is 1. The van der Waals surface area contributed by atoms with Crippen molar-refractivity contribution in [2.45, 2.75) is 18.9 Å². The highest BCUT2D eigenvalue weighted by molar-refractivity contribution is 6.30. The van der Waals surface area contributed by atoms with Gasteiger partial charge >= 0.3 is 0 Å². The second-order valence-electron chi connectivity index (χ2n) is 4.25. The van der Waals surface area contributed by atoms with Crippen LogP contribution in [0.5, 0.6) is 5.75 Å². The summed E-state index contributed by atoms with van der Waals surface area (Å²) in [5.41, 5.74) is 0. The quantitative estimate of drug-likeness (QED) is 0.753. The molecule has 1 aliphatic rings. The third-order valence-electron chi connectivity index (χ3n) is 2.79. The summed E-state index contributed by atoms with van der Waals surface area (Å²) >= 11 is 11.5. The molecule has 18 heavy (non-hydrogen) atoms. The van der Waals surface area contributed by atoms with Gasteiger partial charge in [-0.15, -0.1) is 11.6 Å². The number of amides is 1. The molecule has 0 saturated heterocycles. The first-order valence-corrected chi connectivity index (χ1v) is 6.86. The van der Waals surface area contributed by atoms with Crippen LogP contribution in [0.3, 0.4) is 0 Å². The van der Waals surface area contributed by atoms with Gasteiger partial charge in [0.15, 0.2) is 6.61 Å². The van der Waals surface area contributed by atoms with Gasteiger partial charge in [-0.2, -0.15) is 0 Å². The number of carbonyl (C=O) groups excluding carboxylic acids is 1. The second-order valence-corrected chi connectivity index (χ2v) is 5.07. The van der Waals surface area contributed by atoms with Crippen LogP contribution in [0.2, 0.25) is 5.02 Å². The van der Waals surface area contributed by atoms with Crippen LogP contribution in [-0.4, -0.2) is 35.9 Å². The zero-order valence-electron chi connectivity index (χ0n) is 9.94. The third kappa shape index (κ3) is 3.79. The van der Waals surface area contributed by atoms with Gasteiger partial charge in [0.2, 0.25) is 0 Å². The van der Waals surface area contributed by atoms with Crippen LogP contribution in [0.25, 0.3) is 0 Å². The summed E-state index contributed by atoms with van der Waals surface area (Å²) < 4.78 is 5.44. The van der Waals surface area contributed by atoms with Crippen LogP contribution in [0.15, 0.2) is 24.3 Å². The second kappa shape index (κ2) is 6.30. The number of rotatable bonds is 6. The van der Waals surface area contributed by atoms with Crippen molar-refractivity contribution >= 4 is 29.1 Å². The normalized spacial score (nSPS) is 14.3. The molecular formula is C13H15Cl2NO2. The van der Waals surface area contributed by atoms with E-state index in [-0.39, 0.29) is 12.5 Å². The van der Waals surface area contributed by atoms with Crippen molar-refractivity contribution in [2.24, 2.45) is 0 Å². The van der Waals surface area contributed by atoms with E-state index in [0.717, 1.165) is 12.8 Å². The van der Waals surface area contributed by atoms with E-state index in [1.54, 1.807) is 29.2 Å². The minimum atomic E-state index is -0.0156. The van der Waals surface area contributed by atoms with Gasteiger partial charge in [0.25, 0.3) is 5.91 Å². The summed E-state index contributed by atoms with van der Waals surface area (Å²) in [4.78, 5) is 13.8. The first-order valence-electron chi connectivity index (χ1n) is 5.94. The Morgan fingerprint density at radius 1 is 1.44 bits per heavy atom. The number of benzene rings is 1. The third-order valence-corrected chi connectivity index (χ3v) is 3.20. The molecule has 1 fully saturated rings. The average Bonchev–Trinajstić information content (AvgIpc) is 3.17. The topological polar surface area (TPSA) is 29.5 Å². The Morgan fingerprint density at radius 2 is 2.22 bits per heavy atom. The molecule has 0 aromatic heterocycles. The Kier molecular flexibility index (Phi) is 4.72. The molecule has 1 aliphatic carbocycles. The fourth-order valence-electron chi connectivity index (χ4n) is 1.77. The highest BCUT2D eigenvalue weighted by Gasteiger charge is 2.32. The van der Waals surface area contributed by atoms with Gasteiger partial charge < -0.3 is 9.64 Å². The van der Waals surface area contributed by atoms with Gasteiger partial charge in [-0.25, -0.2) is 0 Å². The van der Waals surface area contributed by atoms with Crippen molar-refractivity contribution in [1.82, 2.24) is 4.90 Å². The van der Waals surface area contributed by atoms with E-state index in [1.165, 1.54) is 0 Å². The molecule has 1 aromatic carbocycles. The van der Waals surface area contributed by atoms with Gasteiger partial charge in [-0.05, 0) is 31.0 Å². The van der Waals surface area contributed by atoms with Crippen molar-refractivity contribution in [3.05, 3.63) is 29.3 Å². The lowest BCUT2D eigenvalue weighted by molar-refractivity contribution is -0.133. The van der Waals surface area contributed by atoms with Crippen molar-refractivity contribution in [3.8, 4) is 5.75 Å². The summed E-state index contributed by atoms with van der Waals surface area (Å²) in [5, 5.41) is 0.597. The van der Waals surface area contributed by atoms with Crippen molar-refractivity contribution in [3.63, 3.8) is 0 Å². The maximum atomic E-state index is 12.0. The molecular weight excluding hydrogens is 273 g/mol. The number of halogens is 2. The maximum absolute atomic E-state index is 12.0. The first-order chi connectivity index (χ1) is 8.70. The molecule has 1 saturated carbocycles. The van der Waals surface area contributed by atoms with Crippen LogP contribution in [0.4, 0.5) is 0 Å². The minimum Gasteiger partial charge on any atom is -0.484 e. The average molecular weight is 288 g/mol. The van der Waals surface area contributed by atoms with Gasteiger partial charge in [-0.3, -0.25) is 4.79 Å². The number of alkyl halides is 1. The molecule has 2 rings (SSSR count). The molecule has 0 atom stereocenters. The molecule has 0 spiro atoms. The van der Waals surface area contributed by atoms with Gasteiger partial charge in [0, 0.05) is 23.5 Å². The SMILES string of the molecule is O=C(COc1cccc(Cl)c1)N(CCCl)C1CC1. The molecule has 0 radical (unpaired) electrons. The Morgan fingerprint density at radius 3 is 2.83 bits per heavy atom. The molecule has 1 amide bonds. The van der Waals surface area contributed by atoms with Gasteiger partial charge in [0.1, 0.15) is 5.75 Å². The summed E-state index contributed by atoms with van der Waals surface area (Å²) in [7, 11) is 0. The van der Waals surface area contributed by atoms with Gasteiger partial charge in [-0.1, -0.05) is 17.7 Å². The smallest absolute Gasteiger partial charge is 0.260 e. The molecule has 0 heterocycles. The number of hydrogen-bond donors (Lipinski definition) is 0. The summed E-state index contributed by atoms with van der Waals surface area (Å²) in [5.74, 6) is 1.05. The molecule has 0 bridgehead atoms. The zero-order valence-corrected chi connectivity index (χ0v) is 11.5. The van der Waals surface area contributed by atoms with Crippen LogP contribution < -0.4 is 4.74 Å². The Labute approximate surface area is 117 Å². The highest BCUT2D eigenvalue weighted by Crippen LogP contribution is 2.27. The van der Waals surface area contributed by atoms with E-state index >= 15 is 0 Å². The van der Waals surface area contributed by atoms with E-state index in [4.69, 9.17) is 27.9 Å². The summed E-state index contributed by atoms with van der Waals surface area (Å²) in [6, 6.07) is 7.39. The monoisotopic (exact) mass is 287 g/mol. The first kappa shape index (κ1) is 13.5. The van der Waals surface area contributed by atoms with Crippen LogP contribution in [0, 0.1) is 0 Å². The lowest BCUT2D eigenvalue weighted by Gasteiger charge is -2.21. The molecule has 98 valence electrons. The van der Waals surface area contributed by atoms with E-state index in [0.29, 0.717) is 29.2 Å². The maximum Gasteiger partial charge on any atom is 0.260 e. The Bertz CT molecular complexity index is 421. The molecule has 0 N–H and O–H groups in total. The molecule has 5 heteroatoms. The predicted molar refractivity (Wildman–Crippen MR) is 72.4 cm³/mol. The molecule has 3 nitrogen and oxygen atoms in total. The van der Waals surface area contributed by atoms with E-state index < -0.39 is 0 Å². The zero-order chi connectivity index (χ0) is 13.0. The molecule has 1 aromatic rings. The number of hydrogen-bond acceptors (Lipinski definition) is 2. The lowest BCUT2D eigenvalue weighted by atomic mass is 10.3. The van der Waals surface area contributed by atoms with E-state index in [1.807, 2.05) is 0 Å². The van der Waals surface area contributed by atoms with E-state index in [2.05, 4.69) is 0 Å². The highest BCUT2D eigenvalue weighted by atomic mass is 35.5. The van der Waals surface area contributed by atoms with Crippen molar-refractivity contribution in [2.75, 3.05) is 19.0 Å². The Hall–Kier alpha value is -0.930. The largest absolute Gasteiger partial charge is 0.484 e. The van der Waals surface area contributed by atoms with E-state index in [9.17, 15) is 4.79 Å².